The van der Waals surface area contributed by atoms with Crippen LogP contribution in [-0.2, 0) is 27.1 Å². The Balaban J connectivity index is 1.35. The summed E-state index contributed by atoms with van der Waals surface area (Å²) in [5, 5.41) is 12.8. The van der Waals surface area contributed by atoms with E-state index in [-0.39, 0.29) is 23.2 Å². The molecule has 2 aromatic carbocycles. The predicted octanol–water partition coefficient (Wildman–Crippen LogP) is 6.61. The van der Waals surface area contributed by atoms with Crippen molar-refractivity contribution in [2.24, 2.45) is 17.8 Å². The van der Waals surface area contributed by atoms with Crippen LogP contribution in [0.1, 0.15) is 73.0 Å². The third-order valence-electron chi connectivity index (χ3n) is 11.5. The molecule has 2 N–H and O–H groups in total. The number of allylic oxidation sites excluding steroid dienone is 1. The maximum atomic E-state index is 14.0. The number of halogens is 2. The number of ether oxygens (including phenoxy) is 1. The van der Waals surface area contributed by atoms with Gasteiger partial charge in [-0.25, -0.2) is 9.19 Å². The van der Waals surface area contributed by atoms with Gasteiger partial charge in [0.15, 0.2) is 0 Å². The molecule has 1 spiro atoms. The quantitative estimate of drug-likeness (QED) is 0.170. The second-order valence-electron chi connectivity index (χ2n) is 14.4. The number of aliphatic hydroxyl groups is 1. The summed E-state index contributed by atoms with van der Waals surface area (Å²) >= 11 is 6.44. The maximum absolute atomic E-state index is 14.0. The fourth-order valence-electron chi connectivity index (χ4n) is 8.29. The number of pyridine rings is 1. The lowest BCUT2D eigenvalue weighted by Crippen LogP contribution is -2.51. The molecule has 254 valence electrons. The first-order valence-electron chi connectivity index (χ1n) is 16.9. The molecule has 7 nitrogen and oxygen atoms in total. The molecule has 4 aliphatic rings. The number of hydrogen-bond acceptors (Lipinski definition) is 6. The zero-order chi connectivity index (χ0) is 33.8. The van der Waals surface area contributed by atoms with Crippen LogP contribution in [0, 0.1) is 23.7 Å². The number of aryl methyl sites for hydroxylation is 1. The number of anilines is 1. The minimum absolute atomic E-state index is 0.0845. The number of hydrogen-bond donors (Lipinski definition) is 2. The number of carbonyl (C=O) groups is 1. The average molecular weight is 692 g/mol. The smallest absolute Gasteiger partial charge is 0.262 e. The molecule has 7 atom stereocenters. The summed E-state index contributed by atoms with van der Waals surface area (Å²) in [6.07, 6.45) is 10.2. The third kappa shape index (κ3) is 5.92. The van der Waals surface area contributed by atoms with Gasteiger partial charge in [-0.15, -0.1) is 0 Å². The molecule has 3 heterocycles. The minimum Gasteiger partial charge on any atom is -0.490 e. The van der Waals surface area contributed by atoms with Crippen molar-refractivity contribution in [3.05, 3.63) is 100 Å². The topological polar surface area (TPSA) is 91.8 Å². The fourth-order valence-corrected chi connectivity index (χ4v) is 9.96. The summed E-state index contributed by atoms with van der Waals surface area (Å²) in [7, 11) is -3.03. The monoisotopic (exact) mass is 691 g/mol. The lowest BCUT2D eigenvalue weighted by atomic mass is 9.62. The van der Waals surface area contributed by atoms with Gasteiger partial charge in [-0.3, -0.25) is 9.52 Å². The van der Waals surface area contributed by atoms with E-state index < -0.39 is 32.4 Å². The fraction of sp³-hybridized carbons (Fsp3) is 0.447. The van der Waals surface area contributed by atoms with E-state index in [0.29, 0.717) is 43.0 Å². The average Bonchev–Trinajstić information content (AvgIpc) is 3.19. The van der Waals surface area contributed by atoms with Gasteiger partial charge in [0, 0.05) is 52.0 Å². The maximum Gasteiger partial charge on any atom is 0.262 e. The Kier molecular flexibility index (Phi) is 8.61. The van der Waals surface area contributed by atoms with Crippen molar-refractivity contribution in [1.82, 2.24) is 9.71 Å². The Morgan fingerprint density at radius 3 is 2.75 bits per heavy atom. The van der Waals surface area contributed by atoms with Gasteiger partial charge in [0.05, 0.1) is 22.0 Å². The second kappa shape index (κ2) is 12.5. The number of amides is 1. The Labute approximate surface area is 287 Å². The van der Waals surface area contributed by atoms with Crippen LogP contribution in [0.2, 0.25) is 5.02 Å². The van der Waals surface area contributed by atoms with Gasteiger partial charge in [-0.1, -0.05) is 36.7 Å². The summed E-state index contributed by atoms with van der Waals surface area (Å²) in [5.74, 6) is 3.41. The summed E-state index contributed by atoms with van der Waals surface area (Å²) in [5.41, 5.74) is 2.48. The van der Waals surface area contributed by atoms with Gasteiger partial charge in [-0.2, -0.15) is 4.39 Å². The molecule has 2 aliphatic carbocycles. The molecule has 1 unspecified atom stereocenters. The Morgan fingerprint density at radius 1 is 1.17 bits per heavy atom. The molecule has 1 aromatic heterocycles. The first-order valence-corrected chi connectivity index (χ1v) is 19.1. The van der Waals surface area contributed by atoms with Crippen LogP contribution in [0.15, 0.2) is 66.9 Å². The number of rotatable bonds is 1. The molecular weight excluding hydrogens is 649 g/mol. The highest BCUT2D eigenvalue weighted by Gasteiger charge is 2.49. The van der Waals surface area contributed by atoms with Gasteiger partial charge in [0.2, 0.25) is 5.95 Å². The van der Waals surface area contributed by atoms with Crippen LogP contribution in [-0.4, -0.2) is 51.0 Å². The highest BCUT2D eigenvalue weighted by Crippen LogP contribution is 2.50. The SMILES string of the molecule is C=S1(=O)NC(=O)c2ccc3c(c2)N(C[C@@H]2CC[C@H]2[C@](O)(c2ccc(F)nc2)/C=C/C[C@H](C)[C@H]1C)C[C@@]1(CCCc2cc(Cl)ccc21)CO3. The zero-order valence-corrected chi connectivity index (χ0v) is 29.0. The number of carbonyl (C=O) groups excluding carboxylic acids is 1. The molecule has 3 aromatic rings. The molecule has 0 radical (unpaired) electrons. The van der Waals surface area contributed by atoms with Gasteiger partial charge in [-0.05, 0) is 117 Å². The number of nitrogens with zero attached hydrogens (tertiary/aromatic N) is 2. The van der Waals surface area contributed by atoms with Crippen molar-refractivity contribution in [3.8, 4) is 5.75 Å². The van der Waals surface area contributed by atoms with E-state index in [9.17, 15) is 18.5 Å². The third-order valence-corrected chi connectivity index (χ3v) is 13.9. The standard InChI is InChI=1S/C38H43ClFN3O4S/c1-24-6-4-17-38(45,29-10-15-35(40)41-20-29)32-12-8-28(32)21-43-22-37(16-5-7-26-18-30(39)11-13-31(26)37)23-47-34-14-9-27(19-33(34)43)36(44)42-48(3,46)25(24)2/h4,9-11,13-15,17-20,24-25,28,32,45H,3,5-8,12,16,21-23H2,1-2H3,(H,42,44,46)/b17-4+/t24-,25+,28-,32+,37-,38+,48?/m0/s1. The van der Waals surface area contributed by atoms with Crippen LogP contribution in [0.25, 0.3) is 0 Å². The van der Waals surface area contributed by atoms with E-state index in [1.807, 2.05) is 44.2 Å². The van der Waals surface area contributed by atoms with Gasteiger partial charge >= 0.3 is 0 Å². The summed E-state index contributed by atoms with van der Waals surface area (Å²) in [4.78, 5) is 19.9. The van der Waals surface area contributed by atoms with Crippen LogP contribution < -0.4 is 14.4 Å². The molecular formula is C38H43ClFN3O4S. The predicted molar refractivity (Wildman–Crippen MR) is 190 cm³/mol. The van der Waals surface area contributed by atoms with Crippen LogP contribution in [0.3, 0.4) is 0 Å². The highest BCUT2D eigenvalue weighted by atomic mass is 35.5. The molecule has 2 bridgehead atoms. The number of fused-ring (bicyclic) bond motifs is 4. The van der Waals surface area contributed by atoms with Crippen molar-refractivity contribution in [2.75, 3.05) is 24.6 Å². The van der Waals surface area contributed by atoms with Crippen LogP contribution in [0.4, 0.5) is 10.1 Å². The summed E-state index contributed by atoms with van der Waals surface area (Å²) in [6.45, 7) is 5.53. The lowest BCUT2D eigenvalue weighted by molar-refractivity contribution is -0.0503. The Bertz CT molecular complexity index is 1870. The molecule has 10 heteroatoms. The largest absolute Gasteiger partial charge is 0.490 e. The van der Waals surface area contributed by atoms with Gasteiger partial charge < -0.3 is 14.7 Å². The van der Waals surface area contributed by atoms with Crippen LogP contribution in [0.5, 0.6) is 5.75 Å². The summed E-state index contributed by atoms with van der Waals surface area (Å²) < 4.78 is 37.2. The van der Waals surface area contributed by atoms with E-state index in [1.54, 1.807) is 12.1 Å². The normalized spacial score (nSPS) is 34.1. The van der Waals surface area contributed by atoms with Crippen molar-refractivity contribution < 1.29 is 23.2 Å². The van der Waals surface area contributed by atoms with Gasteiger partial charge in [0.1, 0.15) is 11.4 Å². The second-order valence-corrected chi connectivity index (χ2v) is 17.2. The van der Waals surface area contributed by atoms with E-state index in [1.165, 1.54) is 23.4 Å². The van der Waals surface area contributed by atoms with E-state index in [0.717, 1.165) is 42.8 Å². The number of benzene rings is 2. The Morgan fingerprint density at radius 2 is 2.00 bits per heavy atom. The van der Waals surface area contributed by atoms with E-state index in [4.69, 9.17) is 16.3 Å². The molecule has 1 saturated carbocycles. The van der Waals surface area contributed by atoms with Crippen LogP contribution >= 0.6 is 11.6 Å². The molecule has 1 fully saturated rings. The van der Waals surface area contributed by atoms with E-state index >= 15 is 0 Å². The highest BCUT2D eigenvalue weighted by molar-refractivity contribution is 7.99. The van der Waals surface area contributed by atoms with Crippen molar-refractivity contribution in [2.45, 2.75) is 68.6 Å². The van der Waals surface area contributed by atoms with Crippen molar-refractivity contribution in [3.63, 3.8) is 0 Å². The number of nitrogens with one attached hydrogen (secondary N) is 1. The zero-order valence-electron chi connectivity index (χ0n) is 27.5. The first kappa shape index (κ1) is 33.1. The Hall–Kier alpha value is -3.40. The molecule has 0 saturated heterocycles. The van der Waals surface area contributed by atoms with Gasteiger partial charge in [0.25, 0.3) is 5.91 Å². The van der Waals surface area contributed by atoms with Crippen molar-refractivity contribution >= 4 is 38.8 Å². The molecule has 1 amide bonds. The minimum atomic E-state index is -3.03. The molecule has 7 rings (SSSR count). The van der Waals surface area contributed by atoms with E-state index in [2.05, 4.69) is 32.6 Å². The first-order chi connectivity index (χ1) is 22.9. The lowest BCUT2D eigenvalue weighted by Gasteiger charge is -2.49. The molecule has 48 heavy (non-hydrogen) atoms. The number of aromatic nitrogens is 1. The summed E-state index contributed by atoms with van der Waals surface area (Å²) in [6, 6.07) is 14.5. The molecule has 2 aliphatic heterocycles. The van der Waals surface area contributed by atoms with Crippen molar-refractivity contribution in [1.29, 1.82) is 0 Å².